The van der Waals surface area contributed by atoms with Crippen LogP contribution in [0.3, 0.4) is 0 Å². The van der Waals surface area contributed by atoms with Gasteiger partial charge in [-0.05, 0) is 79.8 Å². The number of rotatable bonds is 8. The van der Waals surface area contributed by atoms with E-state index in [1.165, 1.54) is 7.11 Å². The van der Waals surface area contributed by atoms with Crippen LogP contribution in [0, 0.1) is 6.92 Å². The summed E-state index contributed by atoms with van der Waals surface area (Å²) < 4.78 is 6.90. The number of thiocarbonyl (C=S) groups is 1. The van der Waals surface area contributed by atoms with Crippen molar-refractivity contribution < 1.29 is 14.3 Å². The Bertz CT molecular complexity index is 1470. The quantitative estimate of drug-likeness (QED) is 0.241. The molecule has 0 radical (unpaired) electrons. The summed E-state index contributed by atoms with van der Waals surface area (Å²) in [5, 5.41) is 6.97. The minimum absolute atomic E-state index is 0.0875. The van der Waals surface area contributed by atoms with Gasteiger partial charge in [-0.3, -0.25) is 9.78 Å². The van der Waals surface area contributed by atoms with Crippen molar-refractivity contribution in [1.29, 1.82) is 0 Å². The number of nitrogens with zero attached hydrogens (tertiary/aromatic N) is 3. The fourth-order valence-electron chi connectivity index (χ4n) is 4.80. The van der Waals surface area contributed by atoms with Crippen molar-refractivity contribution in [1.82, 2.24) is 19.8 Å². The van der Waals surface area contributed by atoms with Gasteiger partial charge in [0.05, 0.1) is 30.5 Å². The van der Waals surface area contributed by atoms with Crippen molar-refractivity contribution >= 4 is 34.9 Å². The molecule has 3 heterocycles. The average molecular weight is 540 g/mol. The topological polar surface area (TPSA) is 88.5 Å². The van der Waals surface area contributed by atoms with Gasteiger partial charge < -0.3 is 24.8 Å². The van der Waals surface area contributed by atoms with E-state index in [9.17, 15) is 9.59 Å². The van der Waals surface area contributed by atoms with E-state index in [2.05, 4.69) is 25.1 Å². The predicted molar refractivity (Wildman–Crippen MR) is 154 cm³/mol. The molecule has 39 heavy (non-hydrogen) atoms. The zero-order valence-corrected chi connectivity index (χ0v) is 22.5. The van der Waals surface area contributed by atoms with E-state index in [1.54, 1.807) is 18.3 Å². The Kier molecular flexibility index (Phi) is 7.69. The van der Waals surface area contributed by atoms with E-state index >= 15 is 0 Å². The number of hydrogen-bond acceptors (Lipinski definition) is 5. The van der Waals surface area contributed by atoms with Crippen LogP contribution in [0.25, 0.3) is 5.69 Å². The maximum absolute atomic E-state index is 12.8. The maximum atomic E-state index is 12.8. The molecule has 0 aliphatic carbocycles. The Labute approximate surface area is 232 Å². The molecule has 2 aromatic heterocycles. The number of aromatic nitrogens is 2. The van der Waals surface area contributed by atoms with E-state index in [-0.39, 0.29) is 30.4 Å². The van der Waals surface area contributed by atoms with Crippen LogP contribution in [0.2, 0.25) is 0 Å². The van der Waals surface area contributed by atoms with E-state index in [4.69, 9.17) is 17.0 Å². The third-order valence-electron chi connectivity index (χ3n) is 6.76. The smallest absolute Gasteiger partial charge is 0.337 e. The summed E-state index contributed by atoms with van der Waals surface area (Å²) in [6, 6.07) is 24.3. The average Bonchev–Trinajstić information content (AvgIpc) is 3.57. The number of benzene rings is 2. The SMILES string of the molecule is COC(=O)c1ccc(-n2cccc2C2C(c3ccccn3)NC(=S)N2CCC(=O)Nc2ccc(C)cc2)cc1. The summed E-state index contributed by atoms with van der Waals surface area (Å²) in [5.41, 5.74) is 5.09. The number of carbonyl (C=O) groups excluding carboxylic acids is 2. The Morgan fingerprint density at radius 2 is 1.79 bits per heavy atom. The van der Waals surface area contributed by atoms with E-state index < -0.39 is 0 Å². The molecule has 1 aliphatic heterocycles. The van der Waals surface area contributed by atoms with Crippen molar-refractivity contribution in [2.24, 2.45) is 0 Å². The molecule has 2 unspecified atom stereocenters. The molecule has 2 aromatic carbocycles. The lowest BCUT2D eigenvalue weighted by molar-refractivity contribution is -0.116. The molecule has 2 atom stereocenters. The van der Waals surface area contributed by atoms with Crippen molar-refractivity contribution in [3.8, 4) is 5.69 Å². The third-order valence-corrected chi connectivity index (χ3v) is 7.12. The number of ether oxygens (including phenoxy) is 1. The molecule has 1 saturated heterocycles. The standard InChI is InChI=1S/C30H29N5O3S/c1-20-8-12-22(13-9-20)32-26(36)16-19-35-28(27(33-30(35)39)24-6-3-4-17-31-24)25-7-5-18-34(25)23-14-10-21(11-15-23)29(37)38-2/h3-15,17-18,27-28H,16,19H2,1-2H3,(H,32,36)(H,33,39). The summed E-state index contributed by atoms with van der Waals surface area (Å²) in [4.78, 5) is 31.4. The van der Waals surface area contributed by atoms with Gasteiger partial charge in [0.15, 0.2) is 5.11 Å². The molecule has 8 nitrogen and oxygen atoms in total. The van der Waals surface area contributed by atoms with E-state index in [0.717, 1.165) is 28.3 Å². The lowest BCUT2D eigenvalue weighted by Crippen LogP contribution is -2.33. The highest BCUT2D eigenvalue weighted by atomic mass is 32.1. The first-order chi connectivity index (χ1) is 18.9. The number of methoxy groups -OCH3 is 1. The first-order valence-electron chi connectivity index (χ1n) is 12.6. The second-order valence-electron chi connectivity index (χ2n) is 9.33. The monoisotopic (exact) mass is 539 g/mol. The van der Waals surface area contributed by atoms with Crippen LogP contribution < -0.4 is 10.6 Å². The first-order valence-corrected chi connectivity index (χ1v) is 13.1. The van der Waals surface area contributed by atoms with Crippen LogP contribution in [0.1, 0.15) is 45.8 Å². The van der Waals surface area contributed by atoms with Crippen LogP contribution in [0.5, 0.6) is 0 Å². The second kappa shape index (κ2) is 11.5. The van der Waals surface area contributed by atoms with Crippen molar-refractivity contribution in [3.05, 3.63) is 114 Å². The Morgan fingerprint density at radius 3 is 2.49 bits per heavy atom. The molecule has 0 spiro atoms. The molecule has 0 bridgehead atoms. The lowest BCUT2D eigenvalue weighted by atomic mass is 10.0. The van der Waals surface area contributed by atoms with Gasteiger partial charge in [-0.1, -0.05) is 23.8 Å². The number of hydrogen-bond donors (Lipinski definition) is 2. The second-order valence-corrected chi connectivity index (χ2v) is 9.71. The summed E-state index contributed by atoms with van der Waals surface area (Å²) in [6.07, 6.45) is 4.00. The molecule has 5 rings (SSSR count). The van der Waals surface area contributed by atoms with E-state index in [0.29, 0.717) is 17.2 Å². The van der Waals surface area contributed by atoms with Gasteiger partial charge in [0.1, 0.15) is 0 Å². The summed E-state index contributed by atoms with van der Waals surface area (Å²) in [6.45, 7) is 2.43. The zero-order chi connectivity index (χ0) is 27.4. The van der Waals surface area contributed by atoms with Gasteiger partial charge in [-0.15, -0.1) is 0 Å². The zero-order valence-electron chi connectivity index (χ0n) is 21.7. The molecule has 0 saturated carbocycles. The Morgan fingerprint density at radius 1 is 1.03 bits per heavy atom. The molecule has 1 aliphatic rings. The maximum Gasteiger partial charge on any atom is 0.337 e. The fourth-order valence-corrected chi connectivity index (χ4v) is 5.13. The van der Waals surface area contributed by atoms with Crippen molar-refractivity contribution in [2.75, 3.05) is 19.0 Å². The third kappa shape index (κ3) is 5.68. The van der Waals surface area contributed by atoms with Crippen molar-refractivity contribution in [3.63, 3.8) is 0 Å². The minimum Gasteiger partial charge on any atom is -0.465 e. The number of anilines is 1. The van der Waals surface area contributed by atoms with Gasteiger partial charge in [-0.2, -0.15) is 0 Å². The minimum atomic E-state index is -0.384. The molecular weight excluding hydrogens is 510 g/mol. The highest BCUT2D eigenvalue weighted by molar-refractivity contribution is 7.80. The fraction of sp³-hybridized carbons (Fsp3) is 0.200. The highest BCUT2D eigenvalue weighted by Crippen LogP contribution is 2.39. The molecule has 198 valence electrons. The first kappa shape index (κ1) is 26.1. The number of esters is 1. The summed E-state index contributed by atoms with van der Waals surface area (Å²) in [7, 11) is 1.36. The molecule has 2 N–H and O–H groups in total. The predicted octanol–water partition coefficient (Wildman–Crippen LogP) is 4.97. The summed E-state index contributed by atoms with van der Waals surface area (Å²) in [5.74, 6) is -0.472. The van der Waals surface area contributed by atoms with Gasteiger partial charge >= 0.3 is 5.97 Å². The number of carbonyl (C=O) groups is 2. The van der Waals surface area contributed by atoms with Crippen LogP contribution in [-0.4, -0.2) is 45.1 Å². The van der Waals surface area contributed by atoms with E-state index in [1.807, 2.05) is 79.9 Å². The van der Waals surface area contributed by atoms with Crippen LogP contribution in [0.15, 0.2) is 91.3 Å². The van der Waals surface area contributed by atoms with Crippen molar-refractivity contribution in [2.45, 2.75) is 25.4 Å². The van der Waals surface area contributed by atoms with Crippen LogP contribution >= 0.6 is 12.2 Å². The van der Waals surface area contributed by atoms with Crippen LogP contribution in [0.4, 0.5) is 5.69 Å². The normalized spacial score (nSPS) is 16.6. The summed E-state index contributed by atoms with van der Waals surface area (Å²) >= 11 is 5.78. The van der Waals surface area contributed by atoms with Gasteiger partial charge in [-0.25, -0.2) is 4.79 Å². The number of nitrogens with one attached hydrogen (secondary N) is 2. The molecule has 1 amide bonds. The van der Waals surface area contributed by atoms with Crippen LogP contribution in [-0.2, 0) is 9.53 Å². The molecule has 1 fully saturated rings. The largest absolute Gasteiger partial charge is 0.465 e. The molecule has 9 heteroatoms. The molecule has 4 aromatic rings. The van der Waals surface area contributed by atoms with Gasteiger partial charge in [0, 0.05) is 42.4 Å². The Hall–Kier alpha value is -4.50. The lowest BCUT2D eigenvalue weighted by Gasteiger charge is -2.29. The number of pyridine rings is 1. The van der Waals surface area contributed by atoms with Gasteiger partial charge in [0.25, 0.3) is 0 Å². The Balaban J connectivity index is 1.43. The van der Waals surface area contributed by atoms with Gasteiger partial charge in [0.2, 0.25) is 5.91 Å². The number of aryl methyl sites for hydroxylation is 1. The number of amides is 1. The molecular formula is C30H29N5O3S. The highest BCUT2D eigenvalue weighted by Gasteiger charge is 2.41.